The lowest BCUT2D eigenvalue weighted by Crippen LogP contribution is -2.42. The van der Waals surface area contributed by atoms with Crippen LogP contribution in [0.4, 0.5) is 22.0 Å². The van der Waals surface area contributed by atoms with Gasteiger partial charge in [0, 0.05) is 18.2 Å². The fraction of sp³-hybridized carbons (Fsp3) is 0.167. The van der Waals surface area contributed by atoms with Crippen molar-refractivity contribution < 1.29 is 41.0 Å². The van der Waals surface area contributed by atoms with E-state index in [4.69, 9.17) is 10.5 Å². The van der Waals surface area contributed by atoms with Gasteiger partial charge in [0.15, 0.2) is 5.96 Å². The van der Waals surface area contributed by atoms with Crippen LogP contribution in [0.3, 0.4) is 0 Å². The van der Waals surface area contributed by atoms with Crippen LogP contribution in [0, 0.1) is 0 Å². The van der Waals surface area contributed by atoms with Gasteiger partial charge in [0.2, 0.25) is 5.54 Å². The third kappa shape index (κ3) is 3.84. The number of benzene rings is 3. The Hall–Kier alpha value is -4.35. The van der Waals surface area contributed by atoms with Gasteiger partial charge in [0.25, 0.3) is 5.91 Å². The Morgan fingerprint density at radius 2 is 1.64 bits per heavy atom. The zero-order valence-corrected chi connectivity index (χ0v) is 18.3. The van der Waals surface area contributed by atoms with E-state index >= 15 is 0 Å². The summed E-state index contributed by atoms with van der Waals surface area (Å²) < 4.78 is 78.5. The molecule has 2 aliphatic heterocycles. The highest BCUT2D eigenvalue weighted by atomic mass is 19.4. The van der Waals surface area contributed by atoms with Gasteiger partial charge in [-0.05, 0) is 53.6 Å². The van der Waals surface area contributed by atoms with E-state index in [-0.39, 0.29) is 34.3 Å². The normalized spacial score (nSPS) is 18.6. The number of ether oxygens (including phenoxy) is 3. The van der Waals surface area contributed by atoms with Crippen molar-refractivity contribution in [3.05, 3.63) is 71.8 Å². The summed E-state index contributed by atoms with van der Waals surface area (Å²) in [6.45, 7) is -3.02. The van der Waals surface area contributed by atoms with Gasteiger partial charge in [-0.1, -0.05) is 18.2 Å². The van der Waals surface area contributed by atoms with E-state index in [2.05, 4.69) is 14.5 Å². The topological polar surface area (TPSA) is 86.4 Å². The molecule has 1 atom stereocenters. The standard InChI is InChI=1S/C24H16F5N3O4/c1-32-20(33)23(31-22(32)30)16-10-13(12-3-2-4-14(9-12)34-21(25)26)5-7-18(16)35-19-8-6-15(11-17(19)23)36-24(27,28)29/h2-11,21H,1H3,(H2,30,31). The molecule has 2 aliphatic rings. The maximum Gasteiger partial charge on any atom is 0.573 e. The predicted octanol–water partition coefficient (Wildman–Crippen LogP) is 4.99. The highest BCUT2D eigenvalue weighted by molar-refractivity contribution is 6.10. The number of likely N-dealkylation sites (N-methyl/N-ethyl adjacent to an activating group) is 1. The van der Waals surface area contributed by atoms with Crippen LogP contribution in [0.5, 0.6) is 23.0 Å². The number of nitrogens with zero attached hydrogens (tertiary/aromatic N) is 2. The minimum Gasteiger partial charge on any atom is -0.457 e. The minimum atomic E-state index is -4.97. The molecule has 12 heteroatoms. The molecular weight excluding hydrogens is 489 g/mol. The van der Waals surface area contributed by atoms with Crippen molar-refractivity contribution in [2.75, 3.05) is 7.05 Å². The molecule has 36 heavy (non-hydrogen) atoms. The second-order valence-corrected chi connectivity index (χ2v) is 7.97. The van der Waals surface area contributed by atoms with E-state index in [1.807, 2.05) is 0 Å². The third-order valence-electron chi connectivity index (χ3n) is 5.80. The van der Waals surface area contributed by atoms with Crippen molar-refractivity contribution in [1.29, 1.82) is 0 Å². The lowest BCUT2D eigenvalue weighted by atomic mass is 9.79. The first kappa shape index (κ1) is 23.4. The van der Waals surface area contributed by atoms with Gasteiger partial charge in [0.05, 0.1) is 0 Å². The van der Waals surface area contributed by atoms with Crippen molar-refractivity contribution in [2.45, 2.75) is 18.5 Å². The largest absolute Gasteiger partial charge is 0.573 e. The first-order chi connectivity index (χ1) is 17.0. The number of amides is 1. The number of rotatable bonds is 4. The van der Waals surface area contributed by atoms with Crippen LogP contribution in [-0.2, 0) is 10.3 Å². The van der Waals surface area contributed by atoms with E-state index in [1.165, 1.54) is 31.3 Å². The second kappa shape index (κ2) is 8.11. The smallest absolute Gasteiger partial charge is 0.457 e. The number of guanidine groups is 1. The summed E-state index contributed by atoms with van der Waals surface area (Å²) in [5, 5.41) is 0. The van der Waals surface area contributed by atoms with Crippen molar-refractivity contribution in [3.8, 4) is 34.1 Å². The van der Waals surface area contributed by atoms with Crippen molar-refractivity contribution in [2.24, 2.45) is 10.7 Å². The zero-order chi connectivity index (χ0) is 25.8. The van der Waals surface area contributed by atoms with E-state index < -0.39 is 30.2 Å². The van der Waals surface area contributed by atoms with Gasteiger partial charge in [0.1, 0.15) is 23.0 Å². The van der Waals surface area contributed by atoms with E-state index in [0.29, 0.717) is 11.1 Å². The summed E-state index contributed by atoms with van der Waals surface area (Å²) in [4.78, 5) is 19.0. The molecule has 0 radical (unpaired) electrons. The van der Waals surface area contributed by atoms with Crippen molar-refractivity contribution in [1.82, 2.24) is 4.90 Å². The molecule has 0 saturated carbocycles. The highest BCUT2D eigenvalue weighted by Crippen LogP contribution is 2.53. The molecule has 0 bridgehead atoms. The minimum absolute atomic E-state index is 0.000911. The van der Waals surface area contributed by atoms with Crippen molar-refractivity contribution in [3.63, 3.8) is 0 Å². The summed E-state index contributed by atoms with van der Waals surface area (Å²) in [6.07, 6.45) is -4.97. The molecule has 0 saturated heterocycles. The van der Waals surface area contributed by atoms with Gasteiger partial charge < -0.3 is 19.9 Å². The Labute approximate surface area is 200 Å². The van der Waals surface area contributed by atoms with Gasteiger partial charge in [-0.25, -0.2) is 4.99 Å². The fourth-order valence-electron chi connectivity index (χ4n) is 4.27. The number of alkyl halides is 5. The van der Waals surface area contributed by atoms with Gasteiger partial charge in [-0.3, -0.25) is 9.69 Å². The SMILES string of the molecule is CN1C(=O)C2(N=C1N)c1cc(OC(F)(F)F)ccc1Oc1ccc(-c3cccc(OC(F)F)c3)cc12. The van der Waals surface area contributed by atoms with Crippen LogP contribution < -0.4 is 19.9 Å². The number of halogens is 5. The molecule has 2 heterocycles. The highest BCUT2D eigenvalue weighted by Gasteiger charge is 2.55. The molecule has 1 unspecified atom stereocenters. The maximum absolute atomic E-state index is 13.5. The molecule has 7 nitrogen and oxygen atoms in total. The number of fused-ring (bicyclic) bond motifs is 4. The van der Waals surface area contributed by atoms with E-state index in [0.717, 1.165) is 17.0 Å². The number of carbonyl (C=O) groups is 1. The Morgan fingerprint density at radius 3 is 2.28 bits per heavy atom. The van der Waals surface area contributed by atoms with Crippen LogP contribution in [0.15, 0.2) is 65.7 Å². The van der Waals surface area contributed by atoms with E-state index in [9.17, 15) is 26.7 Å². The molecule has 3 aromatic carbocycles. The quantitative estimate of drug-likeness (QED) is 0.505. The first-order valence-electron chi connectivity index (χ1n) is 10.4. The van der Waals surface area contributed by atoms with Crippen LogP contribution in [0.2, 0.25) is 0 Å². The monoisotopic (exact) mass is 505 g/mol. The molecule has 0 fully saturated rings. The van der Waals surface area contributed by atoms with Gasteiger partial charge in [-0.2, -0.15) is 8.78 Å². The van der Waals surface area contributed by atoms with Gasteiger partial charge >= 0.3 is 13.0 Å². The van der Waals surface area contributed by atoms with Crippen LogP contribution >= 0.6 is 0 Å². The molecule has 2 N–H and O–H groups in total. The zero-order valence-electron chi connectivity index (χ0n) is 18.3. The number of aliphatic imine (C=N–C) groups is 1. The van der Waals surface area contributed by atoms with E-state index in [1.54, 1.807) is 24.3 Å². The Balaban J connectivity index is 1.69. The van der Waals surface area contributed by atoms with Crippen molar-refractivity contribution >= 4 is 11.9 Å². The molecule has 5 rings (SSSR count). The molecule has 3 aromatic rings. The number of nitrogens with two attached hydrogens (primary N) is 1. The lowest BCUT2D eigenvalue weighted by Gasteiger charge is -2.34. The summed E-state index contributed by atoms with van der Waals surface area (Å²) in [7, 11) is 1.38. The number of hydrogen-bond acceptors (Lipinski definition) is 6. The molecule has 0 aliphatic carbocycles. The average molecular weight is 505 g/mol. The second-order valence-electron chi connectivity index (χ2n) is 7.97. The molecular formula is C24H16F5N3O4. The molecule has 1 amide bonds. The number of hydrogen-bond donors (Lipinski definition) is 1. The molecule has 186 valence electrons. The predicted molar refractivity (Wildman–Crippen MR) is 117 cm³/mol. The van der Waals surface area contributed by atoms with Crippen LogP contribution in [0.1, 0.15) is 11.1 Å². The summed E-state index contributed by atoms with van der Waals surface area (Å²) in [6, 6.07) is 14.0. The average Bonchev–Trinajstić information content (AvgIpc) is 3.03. The Morgan fingerprint density at radius 1 is 0.972 bits per heavy atom. The number of carbonyl (C=O) groups excluding carboxylic acids is 1. The first-order valence-corrected chi connectivity index (χ1v) is 10.4. The Kier molecular flexibility index (Phi) is 5.27. The van der Waals surface area contributed by atoms with Crippen LogP contribution in [0.25, 0.3) is 11.1 Å². The summed E-state index contributed by atoms with van der Waals surface area (Å²) >= 11 is 0. The fourth-order valence-corrected chi connectivity index (χ4v) is 4.27. The molecule has 0 aromatic heterocycles. The third-order valence-corrected chi connectivity index (χ3v) is 5.80. The lowest BCUT2D eigenvalue weighted by molar-refractivity contribution is -0.274. The Bertz CT molecular complexity index is 1410. The molecule has 1 spiro atoms. The summed E-state index contributed by atoms with van der Waals surface area (Å²) in [5.74, 6) is -1.12. The van der Waals surface area contributed by atoms with Crippen LogP contribution in [-0.4, -0.2) is 36.8 Å². The summed E-state index contributed by atoms with van der Waals surface area (Å²) in [5.41, 5.74) is 5.26. The maximum atomic E-state index is 13.5. The van der Waals surface area contributed by atoms with Gasteiger partial charge in [-0.15, -0.1) is 13.2 Å².